The standard InChI is InChI=1S/C19H25N5O3/c1-4-27-18(26)16-13(2)17(22-14(16)3)15(25)12-23-8-10-24(11-9-23)19-20-6-5-7-21-19/h5-7,22H,4,8-12H2,1-3H3. The maximum absolute atomic E-state index is 12.8. The average molecular weight is 371 g/mol. The maximum Gasteiger partial charge on any atom is 0.340 e. The van der Waals surface area contributed by atoms with Crippen molar-refractivity contribution in [3.63, 3.8) is 0 Å². The van der Waals surface area contributed by atoms with Crippen LogP contribution in [-0.4, -0.2) is 70.9 Å². The molecule has 1 N–H and O–H groups in total. The molecule has 1 fully saturated rings. The Morgan fingerprint density at radius 2 is 1.81 bits per heavy atom. The van der Waals surface area contributed by atoms with Crippen LogP contribution in [-0.2, 0) is 4.74 Å². The molecular weight excluding hydrogens is 346 g/mol. The van der Waals surface area contributed by atoms with Crippen molar-refractivity contribution in [3.05, 3.63) is 41.0 Å². The number of carbonyl (C=O) groups excluding carboxylic acids is 2. The molecule has 0 atom stereocenters. The van der Waals surface area contributed by atoms with Crippen LogP contribution in [0, 0.1) is 13.8 Å². The number of aryl methyl sites for hydroxylation is 1. The van der Waals surface area contributed by atoms with Crippen LogP contribution in [0.3, 0.4) is 0 Å². The van der Waals surface area contributed by atoms with Gasteiger partial charge in [0.05, 0.1) is 24.4 Å². The molecule has 0 saturated carbocycles. The second kappa shape index (κ2) is 8.30. The van der Waals surface area contributed by atoms with E-state index in [0.717, 1.165) is 32.1 Å². The molecule has 0 aliphatic carbocycles. The van der Waals surface area contributed by atoms with Crippen molar-refractivity contribution in [1.82, 2.24) is 19.9 Å². The van der Waals surface area contributed by atoms with E-state index in [4.69, 9.17) is 4.74 Å². The molecule has 3 rings (SSSR count). The predicted molar refractivity (Wildman–Crippen MR) is 101 cm³/mol. The summed E-state index contributed by atoms with van der Waals surface area (Å²) >= 11 is 0. The third-order valence-corrected chi connectivity index (χ3v) is 4.77. The van der Waals surface area contributed by atoms with Crippen molar-refractivity contribution in [2.75, 3.05) is 44.2 Å². The fraction of sp³-hybridized carbons (Fsp3) is 0.474. The van der Waals surface area contributed by atoms with Gasteiger partial charge in [-0.05, 0) is 32.4 Å². The summed E-state index contributed by atoms with van der Waals surface area (Å²) in [5.41, 5.74) is 2.28. The Morgan fingerprint density at radius 1 is 1.15 bits per heavy atom. The van der Waals surface area contributed by atoms with E-state index in [1.165, 1.54) is 0 Å². The highest BCUT2D eigenvalue weighted by molar-refractivity contribution is 6.02. The second-order valence-corrected chi connectivity index (χ2v) is 6.58. The molecule has 2 aromatic rings. The Hall–Kier alpha value is -2.74. The number of rotatable bonds is 6. The Kier molecular flexibility index (Phi) is 5.85. The summed E-state index contributed by atoms with van der Waals surface area (Å²) in [4.78, 5) is 40.7. The van der Waals surface area contributed by atoms with Crippen LogP contribution in [0.5, 0.6) is 0 Å². The zero-order valence-corrected chi connectivity index (χ0v) is 16.0. The fourth-order valence-electron chi connectivity index (χ4n) is 3.38. The van der Waals surface area contributed by atoms with Gasteiger partial charge in [-0.1, -0.05) is 0 Å². The first-order chi connectivity index (χ1) is 13.0. The van der Waals surface area contributed by atoms with E-state index in [9.17, 15) is 9.59 Å². The molecule has 27 heavy (non-hydrogen) atoms. The molecule has 1 saturated heterocycles. The van der Waals surface area contributed by atoms with E-state index in [2.05, 4.69) is 24.8 Å². The smallest absolute Gasteiger partial charge is 0.340 e. The van der Waals surface area contributed by atoms with Gasteiger partial charge in [0.15, 0.2) is 5.78 Å². The van der Waals surface area contributed by atoms with Gasteiger partial charge in [0, 0.05) is 44.3 Å². The number of ketones is 1. The number of carbonyl (C=O) groups is 2. The number of nitrogens with one attached hydrogen (secondary N) is 1. The van der Waals surface area contributed by atoms with Crippen molar-refractivity contribution in [2.24, 2.45) is 0 Å². The van der Waals surface area contributed by atoms with Gasteiger partial charge in [-0.3, -0.25) is 9.69 Å². The van der Waals surface area contributed by atoms with Gasteiger partial charge >= 0.3 is 5.97 Å². The molecule has 0 amide bonds. The first kappa shape index (κ1) is 19.0. The summed E-state index contributed by atoms with van der Waals surface area (Å²) in [6.45, 7) is 9.01. The number of anilines is 1. The third kappa shape index (κ3) is 4.16. The van der Waals surface area contributed by atoms with Gasteiger partial charge < -0.3 is 14.6 Å². The predicted octanol–water partition coefficient (Wildman–Crippen LogP) is 1.60. The van der Waals surface area contributed by atoms with Crippen LogP contribution in [0.15, 0.2) is 18.5 Å². The largest absolute Gasteiger partial charge is 0.462 e. The number of H-pyrrole nitrogens is 1. The summed E-state index contributed by atoms with van der Waals surface area (Å²) in [6, 6.07) is 1.80. The van der Waals surface area contributed by atoms with Crippen molar-refractivity contribution in [1.29, 1.82) is 0 Å². The molecule has 0 unspecified atom stereocenters. The zero-order valence-electron chi connectivity index (χ0n) is 16.0. The average Bonchev–Trinajstić information content (AvgIpc) is 2.97. The number of esters is 1. The maximum atomic E-state index is 12.8. The minimum absolute atomic E-state index is 0.0180. The number of aromatic nitrogens is 3. The summed E-state index contributed by atoms with van der Waals surface area (Å²) in [7, 11) is 0. The molecular formula is C19H25N5O3. The zero-order chi connectivity index (χ0) is 19.4. The van der Waals surface area contributed by atoms with E-state index < -0.39 is 0 Å². The lowest BCUT2D eigenvalue weighted by atomic mass is 10.1. The van der Waals surface area contributed by atoms with E-state index >= 15 is 0 Å². The molecule has 0 radical (unpaired) electrons. The Bertz CT molecular complexity index is 810. The monoisotopic (exact) mass is 371 g/mol. The summed E-state index contributed by atoms with van der Waals surface area (Å²) < 4.78 is 5.09. The number of hydrogen-bond acceptors (Lipinski definition) is 7. The van der Waals surface area contributed by atoms with E-state index in [-0.39, 0.29) is 11.8 Å². The van der Waals surface area contributed by atoms with Crippen LogP contribution in [0.2, 0.25) is 0 Å². The summed E-state index contributed by atoms with van der Waals surface area (Å²) in [5, 5.41) is 0. The van der Waals surface area contributed by atoms with E-state index in [0.29, 0.717) is 35.7 Å². The molecule has 8 heteroatoms. The first-order valence-electron chi connectivity index (χ1n) is 9.15. The first-order valence-corrected chi connectivity index (χ1v) is 9.15. The number of nitrogens with zero attached hydrogens (tertiary/aromatic N) is 4. The van der Waals surface area contributed by atoms with Crippen LogP contribution in [0.1, 0.15) is 39.0 Å². The number of hydrogen-bond donors (Lipinski definition) is 1. The lowest BCUT2D eigenvalue weighted by Gasteiger charge is -2.34. The highest BCUT2D eigenvalue weighted by Gasteiger charge is 2.25. The van der Waals surface area contributed by atoms with Gasteiger partial charge in [0.2, 0.25) is 5.95 Å². The molecule has 3 heterocycles. The summed E-state index contributed by atoms with van der Waals surface area (Å²) in [5.74, 6) is 0.313. The highest BCUT2D eigenvalue weighted by Crippen LogP contribution is 2.20. The number of ether oxygens (including phenoxy) is 1. The second-order valence-electron chi connectivity index (χ2n) is 6.58. The SMILES string of the molecule is CCOC(=O)c1c(C)[nH]c(C(=O)CN2CCN(c3ncccn3)CC2)c1C. The van der Waals surface area contributed by atoms with Crippen LogP contribution < -0.4 is 4.90 Å². The van der Waals surface area contributed by atoms with Gasteiger partial charge in [-0.15, -0.1) is 0 Å². The lowest BCUT2D eigenvalue weighted by Crippen LogP contribution is -2.48. The summed E-state index contributed by atoms with van der Waals surface area (Å²) in [6.07, 6.45) is 3.46. The number of Topliss-reactive ketones (excluding diaryl/α,β-unsaturated/α-hetero) is 1. The van der Waals surface area contributed by atoms with Crippen LogP contribution in [0.25, 0.3) is 0 Å². The quantitative estimate of drug-likeness (QED) is 0.609. The van der Waals surface area contributed by atoms with Crippen molar-refractivity contribution in [3.8, 4) is 0 Å². The van der Waals surface area contributed by atoms with Gasteiger partial charge in [0.25, 0.3) is 0 Å². The Balaban J connectivity index is 1.62. The molecule has 0 spiro atoms. The molecule has 0 aromatic carbocycles. The minimum Gasteiger partial charge on any atom is -0.462 e. The van der Waals surface area contributed by atoms with Gasteiger partial charge in [-0.2, -0.15) is 0 Å². The van der Waals surface area contributed by atoms with E-state index in [1.807, 2.05) is 0 Å². The Labute approximate surface area is 158 Å². The van der Waals surface area contributed by atoms with Gasteiger partial charge in [-0.25, -0.2) is 14.8 Å². The van der Waals surface area contributed by atoms with E-state index in [1.54, 1.807) is 39.2 Å². The highest BCUT2D eigenvalue weighted by atomic mass is 16.5. The number of aromatic amines is 1. The van der Waals surface area contributed by atoms with Gasteiger partial charge in [0.1, 0.15) is 0 Å². The normalized spacial score (nSPS) is 15.0. The fourth-order valence-corrected chi connectivity index (χ4v) is 3.38. The molecule has 1 aliphatic heterocycles. The van der Waals surface area contributed by atoms with Crippen molar-refractivity contribution in [2.45, 2.75) is 20.8 Å². The topological polar surface area (TPSA) is 91.4 Å². The minimum atomic E-state index is -0.390. The number of piperazine rings is 1. The van der Waals surface area contributed by atoms with Crippen molar-refractivity contribution >= 4 is 17.7 Å². The molecule has 0 bridgehead atoms. The molecule has 1 aliphatic rings. The molecule has 8 nitrogen and oxygen atoms in total. The molecule has 2 aromatic heterocycles. The molecule has 144 valence electrons. The van der Waals surface area contributed by atoms with Crippen LogP contribution in [0.4, 0.5) is 5.95 Å². The van der Waals surface area contributed by atoms with Crippen LogP contribution >= 0.6 is 0 Å². The Morgan fingerprint density at radius 3 is 2.44 bits per heavy atom. The lowest BCUT2D eigenvalue weighted by molar-refractivity contribution is 0.0525. The van der Waals surface area contributed by atoms with Crippen molar-refractivity contribution < 1.29 is 14.3 Å². The third-order valence-electron chi connectivity index (χ3n) is 4.77.